The molecule has 5 N–H and O–H groups in total. The second kappa shape index (κ2) is 9.76. The van der Waals surface area contributed by atoms with Crippen LogP contribution >= 0.6 is 15.9 Å². The van der Waals surface area contributed by atoms with E-state index in [1.54, 1.807) is 20.8 Å². The Balaban J connectivity index is 1.42. The number of ether oxygens (including phenoxy) is 1. The summed E-state index contributed by atoms with van der Waals surface area (Å²) in [7, 11) is 0. The number of anilines is 1. The van der Waals surface area contributed by atoms with Crippen LogP contribution in [0, 0.1) is 0 Å². The second-order valence-corrected chi connectivity index (χ2v) is 11.8. The Morgan fingerprint density at radius 2 is 1.75 bits per heavy atom. The number of benzene rings is 4. The van der Waals surface area contributed by atoms with Crippen molar-refractivity contribution >= 4 is 77.0 Å². The molecule has 0 saturated heterocycles. The Hall–Kier alpha value is -4.21. The molecule has 0 saturated carbocycles. The van der Waals surface area contributed by atoms with Gasteiger partial charge in [-0.1, -0.05) is 46.3 Å². The largest absolute Gasteiger partial charge is 0.460 e. The molecule has 2 aromatic heterocycles. The highest BCUT2D eigenvalue weighted by atomic mass is 79.9. The van der Waals surface area contributed by atoms with Crippen molar-refractivity contribution in [2.45, 2.75) is 38.8 Å². The Kier molecular flexibility index (Phi) is 6.35. The van der Waals surface area contributed by atoms with Crippen LogP contribution in [0.4, 0.5) is 5.69 Å². The molecule has 0 unspecified atom stereocenters. The van der Waals surface area contributed by atoms with E-state index in [0.29, 0.717) is 5.69 Å². The van der Waals surface area contributed by atoms with Gasteiger partial charge in [0.2, 0.25) is 5.91 Å². The van der Waals surface area contributed by atoms with Crippen LogP contribution in [0.5, 0.6) is 0 Å². The van der Waals surface area contributed by atoms with E-state index in [1.807, 2.05) is 48.7 Å². The minimum Gasteiger partial charge on any atom is -0.460 e. The van der Waals surface area contributed by atoms with Crippen LogP contribution in [0.1, 0.15) is 27.2 Å². The van der Waals surface area contributed by atoms with Gasteiger partial charge in [0, 0.05) is 43.6 Å². The fraction of sp³-hybridized carbons (Fsp3) is 0.194. The number of hydrogen-bond acceptors (Lipinski definition) is 5. The molecule has 202 valence electrons. The Morgan fingerprint density at radius 3 is 2.52 bits per heavy atom. The zero-order valence-corrected chi connectivity index (χ0v) is 23.8. The first-order valence-corrected chi connectivity index (χ1v) is 13.8. The van der Waals surface area contributed by atoms with Crippen molar-refractivity contribution in [1.29, 1.82) is 0 Å². The molecule has 40 heavy (non-hydrogen) atoms. The van der Waals surface area contributed by atoms with Crippen LogP contribution in [0.25, 0.3) is 54.9 Å². The number of carbonyl (C=O) groups is 2. The number of halogens is 1. The number of aromatic nitrogens is 3. The molecule has 2 heterocycles. The quantitative estimate of drug-likeness (QED) is 0.129. The zero-order chi connectivity index (χ0) is 28.2. The van der Waals surface area contributed by atoms with E-state index in [4.69, 9.17) is 15.5 Å². The summed E-state index contributed by atoms with van der Waals surface area (Å²) in [5.41, 5.74) is 9.64. The minimum atomic E-state index is -1.04. The third kappa shape index (κ3) is 4.82. The van der Waals surface area contributed by atoms with E-state index >= 15 is 0 Å². The molecule has 1 amide bonds. The third-order valence-electron chi connectivity index (χ3n) is 6.77. The van der Waals surface area contributed by atoms with Crippen LogP contribution in [0.3, 0.4) is 0 Å². The second-order valence-electron chi connectivity index (χ2n) is 10.9. The minimum absolute atomic E-state index is 0.212. The Labute approximate surface area is 238 Å². The number of carbonyl (C=O) groups excluding carboxylic acids is 2. The lowest BCUT2D eigenvalue weighted by molar-refractivity contribution is -0.155. The highest BCUT2D eigenvalue weighted by molar-refractivity contribution is 9.10. The van der Waals surface area contributed by atoms with Crippen molar-refractivity contribution in [3.63, 3.8) is 0 Å². The molecule has 4 aromatic carbocycles. The Bertz CT molecular complexity index is 1950. The van der Waals surface area contributed by atoms with Crippen molar-refractivity contribution in [1.82, 2.24) is 15.0 Å². The van der Waals surface area contributed by atoms with Crippen LogP contribution < -0.4 is 11.1 Å². The number of rotatable bonds is 5. The number of hydrogen-bond donors (Lipinski definition) is 4. The first kappa shape index (κ1) is 26.0. The summed E-state index contributed by atoms with van der Waals surface area (Å²) in [5, 5.41) is 7.94. The summed E-state index contributed by atoms with van der Waals surface area (Å²) < 4.78 is 6.29. The maximum Gasteiger partial charge on any atom is 0.308 e. The summed E-state index contributed by atoms with van der Waals surface area (Å²) in [4.78, 5) is 37.0. The van der Waals surface area contributed by atoms with Gasteiger partial charge in [-0.25, -0.2) is 4.98 Å². The number of esters is 1. The molecular weight excluding hydrogens is 570 g/mol. The number of H-pyrrole nitrogens is 2. The molecule has 0 fully saturated rings. The van der Waals surface area contributed by atoms with E-state index in [2.05, 4.69) is 49.4 Å². The van der Waals surface area contributed by atoms with Gasteiger partial charge in [0.25, 0.3) is 0 Å². The molecule has 9 heteroatoms. The van der Waals surface area contributed by atoms with E-state index in [-0.39, 0.29) is 6.42 Å². The van der Waals surface area contributed by atoms with Gasteiger partial charge in [-0.05, 0) is 61.9 Å². The lowest BCUT2D eigenvalue weighted by Crippen LogP contribution is -2.39. The van der Waals surface area contributed by atoms with E-state index < -0.39 is 23.5 Å². The normalized spacial score (nSPS) is 12.8. The molecule has 6 aromatic rings. The highest BCUT2D eigenvalue weighted by Gasteiger charge is 2.23. The highest BCUT2D eigenvalue weighted by Crippen LogP contribution is 2.38. The average Bonchev–Trinajstić information content (AvgIpc) is 3.52. The number of fused-ring (bicyclic) bond motifs is 7. The number of aromatic amines is 2. The summed E-state index contributed by atoms with van der Waals surface area (Å²) in [6, 6.07) is 18.9. The topological polar surface area (TPSA) is 126 Å². The molecule has 8 nitrogen and oxygen atoms in total. The van der Waals surface area contributed by atoms with Gasteiger partial charge in [0.15, 0.2) is 0 Å². The van der Waals surface area contributed by atoms with Crippen molar-refractivity contribution in [2.24, 2.45) is 5.73 Å². The molecule has 6 rings (SSSR count). The fourth-order valence-corrected chi connectivity index (χ4v) is 5.42. The van der Waals surface area contributed by atoms with Gasteiger partial charge in [-0.2, -0.15) is 0 Å². The fourth-order valence-electron chi connectivity index (χ4n) is 5.06. The first-order valence-electron chi connectivity index (χ1n) is 13.0. The predicted molar refractivity (Wildman–Crippen MR) is 163 cm³/mol. The molecule has 0 spiro atoms. The number of nitrogens with two attached hydrogens (primary N) is 1. The van der Waals surface area contributed by atoms with Crippen LogP contribution in [0.15, 0.2) is 71.3 Å². The monoisotopic (exact) mass is 597 g/mol. The molecule has 0 bridgehead atoms. The molecule has 1 atom stereocenters. The molecule has 0 aliphatic carbocycles. The lowest BCUT2D eigenvalue weighted by Gasteiger charge is -2.20. The Morgan fingerprint density at radius 1 is 1.00 bits per heavy atom. The zero-order valence-electron chi connectivity index (χ0n) is 22.3. The summed E-state index contributed by atoms with van der Waals surface area (Å²) in [5.74, 6) is -0.237. The maximum absolute atomic E-state index is 12.9. The maximum atomic E-state index is 12.9. The van der Waals surface area contributed by atoms with Crippen LogP contribution in [-0.4, -0.2) is 38.5 Å². The van der Waals surface area contributed by atoms with Gasteiger partial charge >= 0.3 is 5.97 Å². The number of nitrogens with one attached hydrogen (secondary N) is 3. The van der Waals surface area contributed by atoms with Gasteiger partial charge in [0.1, 0.15) is 11.4 Å². The smallest absolute Gasteiger partial charge is 0.308 e. The van der Waals surface area contributed by atoms with Crippen molar-refractivity contribution in [3.05, 3.63) is 71.3 Å². The SMILES string of the molecule is CC(C)(C)OC(=O)C[C@H](N)C(=O)Nc1ccc2c3ccccc3c3nc(-c4c[nH]c5ccc(Br)cc45)[nH]c3c2c1. The molecular formula is C31H28BrN5O3. The number of amides is 1. The number of nitrogens with zero attached hydrogens (tertiary/aromatic N) is 1. The molecule has 0 aliphatic heterocycles. The van der Waals surface area contributed by atoms with E-state index in [9.17, 15) is 9.59 Å². The van der Waals surface area contributed by atoms with Crippen LogP contribution in [0.2, 0.25) is 0 Å². The first-order chi connectivity index (χ1) is 19.1. The molecule has 0 aliphatic rings. The van der Waals surface area contributed by atoms with Crippen molar-refractivity contribution in [3.8, 4) is 11.4 Å². The van der Waals surface area contributed by atoms with Crippen LogP contribution in [-0.2, 0) is 14.3 Å². The van der Waals surface area contributed by atoms with Gasteiger partial charge < -0.3 is 25.8 Å². The van der Waals surface area contributed by atoms with E-state index in [1.165, 1.54) is 0 Å². The summed E-state index contributed by atoms with van der Waals surface area (Å²) in [6.07, 6.45) is 1.74. The standard InChI is InChI=1S/C31H28BrN5O3/c1-31(2,3)40-26(38)14-24(33)30(39)35-17-9-10-19-18-6-4-5-7-20(18)27-28(22(19)13-17)37-29(36-27)23-15-34-25-11-8-16(32)12-21(23)25/h4-13,15,24,34H,14,33H2,1-3H3,(H,35,39)(H,36,37)/t24-/m0/s1. The van der Waals surface area contributed by atoms with Gasteiger partial charge in [-0.15, -0.1) is 0 Å². The summed E-state index contributed by atoms with van der Waals surface area (Å²) in [6.45, 7) is 5.32. The molecule has 0 radical (unpaired) electrons. The van der Waals surface area contributed by atoms with Crippen molar-refractivity contribution < 1.29 is 14.3 Å². The van der Waals surface area contributed by atoms with E-state index in [0.717, 1.165) is 59.3 Å². The van der Waals surface area contributed by atoms with Gasteiger partial charge in [-0.3, -0.25) is 9.59 Å². The average molecular weight is 599 g/mol. The lowest BCUT2D eigenvalue weighted by atomic mass is 9.99. The number of imidazole rings is 1. The predicted octanol–water partition coefficient (Wildman–Crippen LogP) is 6.78. The van der Waals surface area contributed by atoms with Crippen molar-refractivity contribution in [2.75, 3.05) is 5.32 Å². The summed E-state index contributed by atoms with van der Waals surface area (Å²) >= 11 is 3.57. The third-order valence-corrected chi connectivity index (χ3v) is 7.27. The van der Waals surface area contributed by atoms with Gasteiger partial charge in [0.05, 0.1) is 23.5 Å².